The fourth-order valence-electron chi connectivity index (χ4n) is 6.06. The number of hydrogen-bond acceptors (Lipinski definition) is 7. The molecule has 0 amide bonds. The molecule has 5 nitrogen and oxygen atoms in total. The average molecular weight is 684 g/mol. The molecule has 7 heteroatoms. The maximum absolute atomic E-state index is 4.97. The first-order chi connectivity index (χ1) is 22.9. The van der Waals surface area contributed by atoms with Gasteiger partial charge in [-0.1, -0.05) is 212 Å². The summed E-state index contributed by atoms with van der Waals surface area (Å²) in [5.74, 6) is 0. The molecule has 0 spiro atoms. The second kappa shape index (κ2) is 39.1. The summed E-state index contributed by atoms with van der Waals surface area (Å²) in [5.41, 5.74) is 0. The summed E-state index contributed by atoms with van der Waals surface area (Å²) >= 11 is 1.03. The molecular weight excluding hydrogens is 611 g/mol. The molecule has 0 bridgehead atoms. The number of hydrogen-bond donors (Lipinski definition) is 0. The van der Waals surface area contributed by atoms with Crippen LogP contribution in [0.2, 0.25) is 0 Å². The van der Waals surface area contributed by atoms with E-state index in [4.69, 9.17) is 9.22 Å². The second-order valence-corrected chi connectivity index (χ2v) is 15.1. The lowest BCUT2D eigenvalue weighted by Gasteiger charge is -2.05. The molecule has 0 aliphatic carbocycles. The number of rotatable bonds is 39. The van der Waals surface area contributed by atoms with Gasteiger partial charge >= 0.3 is 0 Å². The topological polar surface area (TPSA) is 49.8 Å². The first-order valence-corrected chi connectivity index (χ1v) is 21.9. The van der Waals surface area contributed by atoms with Crippen LogP contribution in [0.1, 0.15) is 212 Å². The van der Waals surface area contributed by atoms with E-state index in [-0.39, 0.29) is 0 Å². The van der Waals surface area contributed by atoms with Crippen molar-refractivity contribution >= 4 is 21.9 Å². The van der Waals surface area contributed by atoms with Gasteiger partial charge in [-0.25, -0.2) is 9.87 Å². The van der Waals surface area contributed by atoms with Gasteiger partial charge < -0.3 is 0 Å². The van der Waals surface area contributed by atoms with Crippen molar-refractivity contribution in [1.82, 2.24) is 4.98 Å². The molecule has 0 saturated carbocycles. The highest BCUT2D eigenvalue weighted by Gasteiger charge is 2.00. The predicted molar refractivity (Wildman–Crippen MR) is 200 cm³/mol. The van der Waals surface area contributed by atoms with Gasteiger partial charge in [-0.3, -0.25) is 0 Å². The third-order valence-corrected chi connectivity index (χ3v) is 10.4. The SMILES string of the molecule is CCCCCCCCCCCCCCCCCCCCCCCCCCCCCCCCCCOOOOSSc1ccccn1. The third kappa shape index (κ3) is 35.0. The Kier molecular flexibility index (Phi) is 37.2. The lowest BCUT2D eigenvalue weighted by atomic mass is 10.0. The van der Waals surface area contributed by atoms with Crippen LogP contribution in [0.4, 0.5) is 0 Å². The van der Waals surface area contributed by atoms with Crippen molar-refractivity contribution in [1.29, 1.82) is 0 Å². The summed E-state index contributed by atoms with van der Waals surface area (Å²) < 4.78 is 4.80. The lowest BCUT2D eigenvalue weighted by molar-refractivity contribution is -0.604. The zero-order valence-corrected chi connectivity index (χ0v) is 31.7. The van der Waals surface area contributed by atoms with E-state index in [1.807, 2.05) is 18.2 Å². The highest BCUT2D eigenvalue weighted by atomic mass is 33.1. The van der Waals surface area contributed by atoms with Crippen molar-refractivity contribution in [3.05, 3.63) is 24.4 Å². The number of nitrogens with zero attached hydrogens (tertiary/aromatic N) is 1. The number of pyridine rings is 1. The van der Waals surface area contributed by atoms with E-state index in [1.54, 1.807) is 6.20 Å². The minimum atomic E-state index is 0.515. The summed E-state index contributed by atoms with van der Waals surface area (Å²) in [4.78, 5) is 9.13. The predicted octanol–water partition coefficient (Wildman–Crippen LogP) is 15.1. The number of unbranched alkanes of at least 4 members (excludes halogenated alkanes) is 31. The molecule has 1 rings (SSSR count). The molecular formula is C39H73NO4S2. The molecule has 46 heavy (non-hydrogen) atoms. The van der Waals surface area contributed by atoms with Gasteiger partial charge in [0, 0.05) is 6.20 Å². The Morgan fingerprint density at radius 2 is 0.826 bits per heavy atom. The maximum Gasteiger partial charge on any atom is 0.112 e. The maximum atomic E-state index is 4.97. The fraction of sp³-hybridized carbons (Fsp3) is 0.872. The van der Waals surface area contributed by atoms with E-state index < -0.39 is 0 Å². The molecule has 0 atom stereocenters. The zero-order valence-electron chi connectivity index (χ0n) is 30.0. The zero-order chi connectivity index (χ0) is 32.7. The Labute approximate surface area is 293 Å². The summed E-state index contributed by atoms with van der Waals surface area (Å²) in [6.07, 6.45) is 47.1. The average Bonchev–Trinajstić information content (AvgIpc) is 3.08. The van der Waals surface area contributed by atoms with E-state index in [9.17, 15) is 0 Å². The first-order valence-electron chi connectivity index (χ1n) is 19.8. The lowest BCUT2D eigenvalue weighted by Crippen LogP contribution is -1.97. The molecule has 0 radical (unpaired) electrons. The standard InChI is InChI=1S/C39H73NO4S2/c1-2-3-4-5-6-7-8-9-10-11-12-13-14-15-16-17-18-19-20-21-22-23-24-25-26-27-28-29-30-31-32-35-38-41-42-43-44-46-45-39-36-33-34-37-40-39/h33-34,36-37H,2-32,35,38H2,1H3. The van der Waals surface area contributed by atoms with Gasteiger partial charge in [0.1, 0.15) is 16.1 Å². The molecule has 0 aliphatic heterocycles. The number of aromatic nitrogens is 1. The summed E-state index contributed by atoms with van der Waals surface area (Å²) in [7, 11) is 1.34. The van der Waals surface area contributed by atoms with Crippen molar-refractivity contribution in [3.8, 4) is 0 Å². The Morgan fingerprint density at radius 3 is 1.17 bits per heavy atom. The minimum Gasteiger partial charge on any atom is -0.249 e. The Hall–Kier alpha value is -0.310. The largest absolute Gasteiger partial charge is 0.249 e. The first kappa shape index (κ1) is 43.7. The monoisotopic (exact) mass is 683 g/mol. The Morgan fingerprint density at radius 1 is 0.457 bits per heavy atom. The molecule has 0 aliphatic rings. The molecule has 0 fully saturated rings. The van der Waals surface area contributed by atoms with Gasteiger partial charge in [0.05, 0.1) is 6.61 Å². The van der Waals surface area contributed by atoms with E-state index in [0.29, 0.717) is 6.61 Å². The molecule has 1 aromatic rings. The highest BCUT2D eigenvalue weighted by molar-refractivity contribution is 8.74. The molecule has 1 aromatic heterocycles. The molecule has 1 heterocycles. The van der Waals surface area contributed by atoms with Crippen LogP contribution in [0.15, 0.2) is 29.4 Å². The van der Waals surface area contributed by atoms with E-state index >= 15 is 0 Å². The van der Waals surface area contributed by atoms with Crippen LogP contribution in [0.5, 0.6) is 0 Å². The normalized spacial score (nSPS) is 11.5. The van der Waals surface area contributed by atoms with Crippen molar-refractivity contribution < 1.29 is 19.3 Å². The van der Waals surface area contributed by atoms with Gasteiger partial charge in [-0.15, -0.1) is 4.33 Å². The van der Waals surface area contributed by atoms with Gasteiger partial charge in [0.2, 0.25) is 0 Å². The molecule has 0 unspecified atom stereocenters. The Bertz CT molecular complexity index is 685. The molecule has 270 valence electrons. The molecule has 0 N–H and O–H groups in total. The smallest absolute Gasteiger partial charge is 0.112 e. The summed E-state index contributed by atoms with van der Waals surface area (Å²) in [5, 5.41) is 9.92. The van der Waals surface area contributed by atoms with Crippen LogP contribution in [-0.2, 0) is 19.3 Å². The third-order valence-electron chi connectivity index (χ3n) is 8.97. The van der Waals surface area contributed by atoms with Crippen LogP contribution >= 0.6 is 21.9 Å². The second-order valence-electron chi connectivity index (χ2n) is 13.3. The van der Waals surface area contributed by atoms with Crippen LogP contribution in [0, 0.1) is 0 Å². The van der Waals surface area contributed by atoms with Gasteiger partial charge in [-0.05, 0) is 39.4 Å². The van der Waals surface area contributed by atoms with E-state index in [1.165, 1.54) is 203 Å². The van der Waals surface area contributed by atoms with Crippen molar-refractivity contribution in [2.24, 2.45) is 0 Å². The van der Waals surface area contributed by atoms with Crippen LogP contribution in [0.3, 0.4) is 0 Å². The quantitative estimate of drug-likeness (QED) is 0.0225. The van der Waals surface area contributed by atoms with Crippen molar-refractivity contribution in [2.75, 3.05) is 6.61 Å². The van der Waals surface area contributed by atoms with Gasteiger partial charge in [-0.2, -0.15) is 0 Å². The van der Waals surface area contributed by atoms with Crippen molar-refractivity contribution in [3.63, 3.8) is 0 Å². The van der Waals surface area contributed by atoms with Crippen LogP contribution in [-0.4, -0.2) is 11.6 Å². The van der Waals surface area contributed by atoms with E-state index in [0.717, 1.165) is 28.9 Å². The van der Waals surface area contributed by atoms with Crippen molar-refractivity contribution in [2.45, 2.75) is 217 Å². The summed E-state index contributed by atoms with van der Waals surface area (Å²) in [6, 6.07) is 5.68. The molecule has 0 saturated heterocycles. The van der Waals surface area contributed by atoms with Crippen LogP contribution < -0.4 is 0 Å². The summed E-state index contributed by atoms with van der Waals surface area (Å²) in [6.45, 7) is 2.82. The molecule has 0 aromatic carbocycles. The Balaban J connectivity index is 1.61. The highest BCUT2D eigenvalue weighted by Crippen LogP contribution is 2.29. The van der Waals surface area contributed by atoms with Crippen LogP contribution in [0.25, 0.3) is 0 Å². The fourth-order valence-corrected chi connectivity index (χ4v) is 7.10. The van der Waals surface area contributed by atoms with Gasteiger partial charge in [0.25, 0.3) is 0 Å². The van der Waals surface area contributed by atoms with Gasteiger partial charge in [0.15, 0.2) is 0 Å². The van der Waals surface area contributed by atoms with E-state index in [2.05, 4.69) is 22.0 Å². The minimum absolute atomic E-state index is 0.515.